The Hall–Kier alpha value is -5.86. The fourth-order valence-corrected chi connectivity index (χ4v) is 7.40. The molecule has 9 rings (SSSR count). The van der Waals surface area contributed by atoms with Crippen LogP contribution in [0.2, 0.25) is 0 Å². The van der Waals surface area contributed by atoms with E-state index in [1.54, 1.807) is 0 Å². The molecule has 0 radical (unpaired) electrons. The maximum atomic E-state index is 2.40. The molecule has 0 saturated heterocycles. The van der Waals surface area contributed by atoms with E-state index in [1.807, 2.05) is 0 Å². The van der Waals surface area contributed by atoms with Gasteiger partial charge in [-0.1, -0.05) is 130 Å². The minimum Gasteiger partial charge on any atom is -0.309 e. The molecule has 0 atom stereocenters. The van der Waals surface area contributed by atoms with Crippen molar-refractivity contribution < 1.29 is 0 Å². The average molecular weight is 617 g/mol. The summed E-state index contributed by atoms with van der Waals surface area (Å²) in [7, 11) is 0. The predicted molar refractivity (Wildman–Crippen MR) is 205 cm³/mol. The van der Waals surface area contributed by atoms with Crippen LogP contribution in [0.4, 0.5) is 0 Å². The molecule has 0 fully saturated rings. The van der Waals surface area contributed by atoms with Crippen molar-refractivity contribution in [3.05, 3.63) is 169 Å². The molecule has 0 spiro atoms. The van der Waals surface area contributed by atoms with Gasteiger partial charge in [0.1, 0.15) is 0 Å². The first-order chi connectivity index (χ1) is 23.4. The smallest absolute Gasteiger partial charge is 0.0547 e. The molecule has 2 aromatic heterocycles. The maximum Gasteiger partial charge on any atom is 0.0547 e. The topological polar surface area (TPSA) is 9.86 Å². The molecule has 7 aromatic carbocycles. The van der Waals surface area contributed by atoms with Gasteiger partial charge in [0.05, 0.1) is 22.1 Å². The quantitative estimate of drug-likeness (QED) is 0.186. The van der Waals surface area contributed by atoms with Gasteiger partial charge in [-0.2, -0.15) is 0 Å². The van der Waals surface area contributed by atoms with Crippen LogP contribution < -0.4 is 0 Å². The third-order valence-electron chi connectivity index (χ3n) is 9.90. The zero-order valence-corrected chi connectivity index (χ0v) is 27.5. The Labute approximate surface area is 281 Å². The molecule has 0 bridgehead atoms. The third kappa shape index (κ3) is 4.56. The first-order valence-corrected chi connectivity index (χ1v) is 16.8. The van der Waals surface area contributed by atoms with Gasteiger partial charge in [-0.25, -0.2) is 0 Å². The first-order valence-electron chi connectivity index (χ1n) is 16.8. The van der Waals surface area contributed by atoms with Gasteiger partial charge >= 0.3 is 0 Å². The minimum atomic E-state index is 0.147. The summed E-state index contributed by atoms with van der Waals surface area (Å²) < 4.78 is 4.79. The Kier molecular flexibility index (Phi) is 6.42. The summed E-state index contributed by atoms with van der Waals surface area (Å²) in [6.45, 7) is 6.78. The normalized spacial score (nSPS) is 12.1. The Bertz CT molecular complexity index is 2610. The lowest BCUT2D eigenvalue weighted by atomic mass is 9.86. The molecule has 2 nitrogen and oxygen atoms in total. The Balaban J connectivity index is 1.16. The fraction of sp³-hybridized carbons (Fsp3) is 0.0870. The van der Waals surface area contributed by atoms with Crippen LogP contribution in [0.15, 0.2) is 164 Å². The molecule has 48 heavy (non-hydrogen) atoms. The number of hydrogen-bond donors (Lipinski definition) is 0. The minimum absolute atomic E-state index is 0.147. The highest BCUT2D eigenvalue weighted by molar-refractivity contribution is 6.12. The maximum absolute atomic E-state index is 2.40. The van der Waals surface area contributed by atoms with E-state index in [0.29, 0.717) is 0 Å². The van der Waals surface area contributed by atoms with E-state index in [9.17, 15) is 0 Å². The second-order valence-corrected chi connectivity index (χ2v) is 13.9. The molecule has 0 aliphatic carbocycles. The van der Waals surface area contributed by atoms with E-state index >= 15 is 0 Å². The van der Waals surface area contributed by atoms with Gasteiger partial charge < -0.3 is 9.13 Å². The Morgan fingerprint density at radius 2 is 0.792 bits per heavy atom. The number of aromatic nitrogens is 2. The van der Waals surface area contributed by atoms with Crippen molar-refractivity contribution in [2.45, 2.75) is 26.2 Å². The van der Waals surface area contributed by atoms with E-state index < -0.39 is 0 Å². The van der Waals surface area contributed by atoms with Crippen LogP contribution in [0, 0.1) is 0 Å². The highest BCUT2D eigenvalue weighted by Crippen LogP contribution is 2.38. The summed E-state index contributed by atoms with van der Waals surface area (Å²) in [5, 5.41) is 5.06. The van der Waals surface area contributed by atoms with E-state index in [2.05, 4.69) is 194 Å². The molecule has 230 valence electrons. The summed E-state index contributed by atoms with van der Waals surface area (Å²) in [6.07, 6.45) is 0. The highest BCUT2D eigenvalue weighted by Gasteiger charge is 2.17. The van der Waals surface area contributed by atoms with Gasteiger partial charge in [0, 0.05) is 32.9 Å². The van der Waals surface area contributed by atoms with Crippen LogP contribution >= 0.6 is 0 Å². The van der Waals surface area contributed by atoms with Gasteiger partial charge in [-0.05, 0) is 87.8 Å². The Morgan fingerprint density at radius 1 is 0.333 bits per heavy atom. The highest BCUT2D eigenvalue weighted by atomic mass is 15.0. The molecular weight excluding hydrogens is 581 g/mol. The average Bonchev–Trinajstić information content (AvgIpc) is 3.64. The summed E-state index contributed by atoms with van der Waals surface area (Å²) in [5.41, 5.74) is 13.6. The van der Waals surface area contributed by atoms with Crippen LogP contribution in [0.3, 0.4) is 0 Å². The summed E-state index contributed by atoms with van der Waals surface area (Å²) in [5.74, 6) is 0. The molecule has 2 heteroatoms. The van der Waals surface area contributed by atoms with Crippen LogP contribution in [0.5, 0.6) is 0 Å². The number of hydrogen-bond acceptors (Lipinski definition) is 0. The second-order valence-electron chi connectivity index (χ2n) is 13.9. The van der Waals surface area contributed by atoms with Crippen molar-refractivity contribution in [2.75, 3.05) is 0 Å². The lowest BCUT2D eigenvalue weighted by molar-refractivity contribution is 0.590. The number of nitrogens with zero attached hydrogens (tertiary/aromatic N) is 2. The van der Waals surface area contributed by atoms with Crippen molar-refractivity contribution in [1.29, 1.82) is 0 Å². The lowest BCUT2D eigenvalue weighted by Crippen LogP contribution is -2.10. The van der Waals surface area contributed by atoms with Crippen molar-refractivity contribution in [3.63, 3.8) is 0 Å². The van der Waals surface area contributed by atoms with Crippen molar-refractivity contribution in [1.82, 2.24) is 9.13 Å². The Morgan fingerprint density at radius 3 is 1.46 bits per heavy atom. The second kappa shape index (κ2) is 10.9. The van der Waals surface area contributed by atoms with E-state index in [1.165, 1.54) is 77.1 Å². The largest absolute Gasteiger partial charge is 0.309 e. The standard InChI is InChI=1S/C46H36N2/c1-46(2,3)35-23-17-31(18-24-35)32-19-25-37(26-20-32)47-43-16-10-8-14-39(43)41-29-33(22-28-44(41)47)34-21-27-40-38-13-7-9-15-42(38)48(45(40)30-34)36-11-5-4-6-12-36/h4-30H,1-3H3. The number of benzene rings is 7. The fourth-order valence-electron chi connectivity index (χ4n) is 7.40. The zero-order valence-electron chi connectivity index (χ0n) is 27.5. The lowest BCUT2D eigenvalue weighted by Gasteiger charge is -2.19. The van der Waals surface area contributed by atoms with Crippen LogP contribution in [-0.4, -0.2) is 9.13 Å². The summed E-state index contributed by atoms with van der Waals surface area (Å²) >= 11 is 0. The predicted octanol–water partition coefficient (Wildman–Crippen LogP) is 12.5. The summed E-state index contributed by atoms with van der Waals surface area (Å²) in [6, 6.07) is 60.0. The number of rotatable bonds is 4. The van der Waals surface area contributed by atoms with Crippen molar-refractivity contribution in [2.24, 2.45) is 0 Å². The zero-order chi connectivity index (χ0) is 32.4. The van der Waals surface area contributed by atoms with Gasteiger partial charge in [-0.3, -0.25) is 0 Å². The molecule has 0 unspecified atom stereocenters. The number of para-hydroxylation sites is 3. The van der Waals surface area contributed by atoms with Crippen molar-refractivity contribution in [3.8, 4) is 33.6 Å². The van der Waals surface area contributed by atoms with Gasteiger partial charge in [-0.15, -0.1) is 0 Å². The third-order valence-corrected chi connectivity index (χ3v) is 9.90. The van der Waals surface area contributed by atoms with E-state index in [-0.39, 0.29) is 5.41 Å². The molecule has 0 aliphatic heterocycles. The molecular formula is C46H36N2. The van der Waals surface area contributed by atoms with Gasteiger partial charge in [0.25, 0.3) is 0 Å². The molecule has 0 amide bonds. The molecule has 9 aromatic rings. The molecule has 0 N–H and O–H groups in total. The molecule has 0 aliphatic rings. The monoisotopic (exact) mass is 616 g/mol. The van der Waals surface area contributed by atoms with Crippen LogP contribution in [0.1, 0.15) is 26.3 Å². The SMILES string of the molecule is CC(C)(C)c1ccc(-c2ccc(-n3c4ccccc4c4cc(-c5ccc6c7ccccc7n(-c7ccccc7)c6c5)ccc43)cc2)cc1. The van der Waals surface area contributed by atoms with Crippen LogP contribution in [0.25, 0.3) is 77.2 Å². The molecule has 2 heterocycles. The van der Waals surface area contributed by atoms with Gasteiger partial charge in [0.2, 0.25) is 0 Å². The number of fused-ring (bicyclic) bond motifs is 6. The van der Waals surface area contributed by atoms with E-state index in [4.69, 9.17) is 0 Å². The van der Waals surface area contributed by atoms with Crippen molar-refractivity contribution >= 4 is 43.6 Å². The van der Waals surface area contributed by atoms with E-state index in [0.717, 1.165) is 5.69 Å². The van der Waals surface area contributed by atoms with Crippen LogP contribution in [-0.2, 0) is 5.41 Å². The first kappa shape index (κ1) is 28.4. The molecule has 0 saturated carbocycles. The summed E-state index contributed by atoms with van der Waals surface area (Å²) in [4.78, 5) is 0. The van der Waals surface area contributed by atoms with Gasteiger partial charge in [0.15, 0.2) is 0 Å².